The molecule has 26 heavy (non-hydrogen) atoms. The first-order valence-electron chi connectivity index (χ1n) is 8.58. The Hall–Kier alpha value is -2.70. The third-order valence-corrected chi connectivity index (χ3v) is 3.65. The first-order chi connectivity index (χ1) is 12.4. The van der Waals surface area contributed by atoms with Crippen LogP contribution in [0, 0.1) is 5.92 Å². The largest absolute Gasteiger partial charge is 0.504 e. The zero-order valence-electron chi connectivity index (χ0n) is 15.2. The number of carbonyl (C=O) groups excluding carboxylic acids is 1. The van der Waals surface area contributed by atoms with Gasteiger partial charge in [-0.15, -0.1) is 0 Å². The summed E-state index contributed by atoms with van der Waals surface area (Å²) in [7, 11) is 0. The highest BCUT2D eigenvalue weighted by Crippen LogP contribution is 2.35. The van der Waals surface area contributed by atoms with Gasteiger partial charge in [-0.05, 0) is 30.9 Å². The summed E-state index contributed by atoms with van der Waals surface area (Å²) in [6.45, 7) is 5.99. The Balaban J connectivity index is 2.17. The number of ether oxygens (including phenoxy) is 3. The number of para-hydroxylation sites is 1. The Kier molecular flexibility index (Phi) is 6.89. The second-order valence-corrected chi connectivity index (χ2v) is 6.27. The topological polar surface area (TPSA) is 95.2 Å². The number of aromatic hydroxyl groups is 1. The Morgan fingerprint density at radius 2 is 1.96 bits per heavy atom. The van der Waals surface area contributed by atoms with Crippen molar-refractivity contribution in [1.29, 1.82) is 0 Å². The van der Waals surface area contributed by atoms with Crippen LogP contribution in [0.2, 0.25) is 0 Å². The number of carbonyl (C=O) groups is 1. The van der Waals surface area contributed by atoms with Gasteiger partial charge in [-0.2, -0.15) is 0 Å². The third kappa shape index (κ3) is 5.15. The standard InChI is InChI=1S/C19H24O7/c1-12(2)6-5-9-25-18-16(21)14-7-4-8-15(17(14)26-19(18)22)24-11-10-23-13(3)20/h4,7-8,12,21H,5-6,9-11H2,1-3H3. The number of hydrogen-bond donors (Lipinski definition) is 1. The second kappa shape index (κ2) is 9.12. The average Bonchev–Trinajstić information content (AvgIpc) is 2.58. The highest BCUT2D eigenvalue weighted by atomic mass is 16.6. The van der Waals surface area contributed by atoms with E-state index in [2.05, 4.69) is 13.8 Å². The van der Waals surface area contributed by atoms with Crippen LogP contribution in [0.4, 0.5) is 0 Å². The summed E-state index contributed by atoms with van der Waals surface area (Å²) in [6, 6.07) is 4.86. The summed E-state index contributed by atoms with van der Waals surface area (Å²) < 4.78 is 21.0. The van der Waals surface area contributed by atoms with Gasteiger partial charge in [-0.25, -0.2) is 4.79 Å². The van der Waals surface area contributed by atoms with Gasteiger partial charge < -0.3 is 23.7 Å². The molecule has 1 aromatic carbocycles. The van der Waals surface area contributed by atoms with E-state index < -0.39 is 11.6 Å². The molecule has 0 radical (unpaired) electrons. The summed E-state index contributed by atoms with van der Waals surface area (Å²) in [4.78, 5) is 22.9. The summed E-state index contributed by atoms with van der Waals surface area (Å²) in [6.07, 6.45) is 1.73. The van der Waals surface area contributed by atoms with E-state index in [4.69, 9.17) is 18.6 Å². The lowest BCUT2D eigenvalue weighted by Gasteiger charge is -2.12. The fraction of sp³-hybridized carbons (Fsp3) is 0.474. The molecule has 7 nitrogen and oxygen atoms in total. The normalized spacial score (nSPS) is 10.9. The SMILES string of the molecule is CC(=O)OCCOc1cccc2c(O)c(OCCCC(C)C)c(=O)oc12. The quantitative estimate of drug-likeness (QED) is 0.414. The maximum Gasteiger partial charge on any atom is 0.383 e. The lowest BCUT2D eigenvalue weighted by Crippen LogP contribution is -2.11. The lowest BCUT2D eigenvalue weighted by molar-refractivity contribution is -0.141. The van der Waals surface area contributed by atoms with Gasteiger partial charge in [-0.3, -0.25) is 4.79 Å². The van der Waals surface area contributed by atoms with Gasteiger partial charge in [0.2, 0.25) is 5.75 Å². The fourth-order valence-corrected chi connectivity index (χ4v) is 2.41. The molecule has 0 saturated carbocycles. The molecule has 0 aliphatic carbocycles. The molecule has 7 heteroatoms. The van der Waals surface area contributed by atoms with Crippen molar-refractivity contribution >= 4 is 16.9 Å². The minimum absolute atomic E-state index is 0.0684. The van der Waals surface area contributed by atoms with E-state index in [9.17, 15) is 14.7 Å². The van der Waals surface area contributed by atoms with E-state index in [0.717, 1.165) is 12.8 Å². The monoisotopic (exact) mass is 364 g/mol. The number of esters is 1. The molecule has 0 fully saturated rings. The van der Waals surface area contributed by atoms with Crippen molar-refractivity contribution in [2.75, 3.05) is 19.8 Å². The van der Waals surface area contributed by atoms with E-state index >= 15 is 0 Å². The molecule has 1 N–H and O–H groups in total. The highest BCUT2D eigenvalue weighted by Gasteiger charge is 2.18. The molecule has 142 valence electrons. The zero-order valence-corrected chi connectivity index (χ0v) is 15.2. The smallest absolute Gasteiger partial charge is 0.383 e. The van der Waals surface area contributed by atoms with E-state index in [1.165, 1.54) is 6.92 Å². The molecule has 1 heterocycles. The van der Waals surface area contributed by atoms with Gasteiger partial charge in [0.15, 0.2) is 17.1 Å². The van der Waals surface area contributed by atoms with E-state index in [0.29, 0.717) is 17.9 Å². The predicted octanol–water partition coefficient (Wildman–Crippen LogP) is 3.26. The molecule has 2 aromatic rings. The van der Waals surface area contributed by atoms with E-state index in [1.54, 1.807) is 18.2 Å². The first kappa shape index (κ1) is 19.6. The van der Waals surface area contributed by atoms with Crippen LogP contribution in [0.15, 0.2) is 27.4 Å². The molecular formula is C19H24O7. The molecule has 0 aliphatic rings. The number of fused-ring (bicyclic) bond motifs is 1. The van der Waals surface area contributed by atoms with Crippen molar-refractivity contribution in [3.8, 4) is 17.2 Å². The zero-order chi connectivity index (χ0) is 19.1. The molecule has 0 amide bonds. The molecule has 0 unspecified atom stereocenters. The van der Waals surface area contributed by atoms with Crippen LogP contribution in [0.1, 0.15) is 33.6 Å². The minimum Gasteiger partial charge on any atom is -0.504 e. The van der Waals surface area contributed by atoms with Crippen LogP contribution in [-0.4, -0.2) is 30.9 Å². The lowest BCUT2D eigenvalue weighted by atomic mass is 10.1. The number of rotatable bonds is 9. The van der Waals surface area contributed by atoms with E-state index in [1.807, 2.05) is 0 Å². The van der Waals surface area contributed by atoms with Crippen LogP contribution in [0.3, 0.4) is 0 Å². The molecule has 1 aromatic heterocycles. The van der Waals surface area contributed by atoms with Gasteiger partial charge in [0.1, 0.15) is 13.2 Å². The third-order valence-electron chi connectivity index (χ3n) is 3.65. The second-order valence-electron chi connectivity index (χ2n) is 6.27. The van der Waals surface area contributed by atoms with Gasteiger partial charge in [0.05, 0.1) is 12.0 Å². The Labute approximate surface area is 151 Å². The van der Waals surface area contributed by atoms with Crippen molar-refractivity contribution in [3.05, 3.63) is 28.6 Å². The molecular weight excluding hydrogens is 340 g/mol. The molecule has 0 saturated heterocycles. The van der Waals surface area contributed by atoms with Gasteiger partial charge >= 0.3 is 11.6 Å². The molecule has 0 atom stereocenters. The Morgan fingerprint density at radius 3 is 2.65 bits per heavy atom. The van der Waals surface area contributed by atoms with Crippen LogP contribution in [0.5, 0.6) is 17.2 Å². The maximum atomic E-state index is 12.2. The Bertz CT molecular complexity index is 807. The maximum absolute atomic E-state index is 12.2. The van der Waals surface area contributed by atoms with Crippen molar-refractivity contribution in [1.82, 2.24) is 0 Å². The van der Waals surface area contributed by atoms with Crippen LogP contribution >= 0.6 is 0 Å². The molecule has 0 aliphatic heterocycles. The number of hydrogen-bond acceptors (Lipinski definition) is 7. The fourth-order valence-electron chi connectivity index (χ4n) is 2.41. The van der Waals surface area contributed by atoms with Gasteiger partial charge in [0.25, 0.3) is 0 Å². The Morgan fingerprint density at radius 1 is 1.19 bits per heavy atom. The van der Waals surface area contributed by atoms with Crippen LogP contribution in [-0.2, 0) is 9.53 Å². The van der Waals surface area contributed by atoms with Crippen molar-refractivity contribution < 1.29 is 28.5 Å². The minimum atomic E-state index is -0.768. The molecule has 0 bridgehead atoms. The summed E-state index contributed by atoms with van der Waals surface area (Å²) in [5.41, 5.74) is -0.650. The van der Waals surface area contributed by atoms with E-state index in [-0.39, 0.29) is 36.0 Å². The van der Waals surface area contributed by atoms with Crippen LogP contribution < -0.4 is 15.1 Å². The first-order valence-corrected chi connectivity index (χ1v) is 8.58. The summed E-state index contributed by atoms with van der Waals surface area (Å²) in [5, 5.41) is 10.7. The average molecular weight is 364 g/mol. The highest BCUT2D eigenvalue weighted by molar-refractivity contribution is 5.89. The van der Waals surface area contributed by atoms with Crippen molar-refractivity contribution in [2.24, 2.45) is 5.92 Å². The van der Waals surface area contributed by atoms with Crippen molar-refractivity contribution in [2.45, 2.75) is 33.6 Å². The summed E-state index contributed by atoms with van der Waals surface area (Å²) in [5.74, 6) is -0.0696. The van der Waals surface area contributed by atoms with Gasteiger partial charge in [0, 0.05) is 6.92 Å². The van der Waals surface area contributed by atoms with Crippen LogP contribution in [0.25, 0.3) is 11.0 Å². The van der Waals surface area contributed by atoms with Gasteiger partial charge in [-0.1, -0.05) is 19.9 Å². The summed E-state index contributed by atoms with van der Waals surface area (Å²) >= 11 is 0. The molecule has 2 rings (SSSR count). The predicted molar refractivity (Wildman–Crippen MR) is 95.8 cm³/mol. The van der Waals surface area contributed by atoms with Crippen molar-refractivity contribution in [3.63, 3.8) is 0 Å². The molecule has 0 spiro atoms. The number of benzene rings is 1.